The zero-order chi connectivity index (χ0) is 25.8. The number of benzene rings is 2. The Morgan fingerprint density at radius 2 is 1.51 bits per heavy atom. The van der Waals surface area contributed by atoms with Crippen molar-refractivity contribution in [3.8, 4) is 11.1 Å². The molecule has 2 aromatic rings. The summed E-state index contributed by atoms with van der Waals surface area (Å²) in [5.74, 6) is -1.51. The van der Waals surface area contributed by atoms with Gasteiger partial charge in [-0.3, -0.25) is 4.79 Å². The lowest BCUT2D eigenvalue weighted by atomic mass is 10.0. The molecule has 0 aromatic heterocycles. The van der Waals surface area contributed by atoms with E-state index in [1.165, 1.54) is 18.4 Å². The van der Waals surface area contributed by atoms with Crippen LogP contribution in [0.5, 0.6) is 0 Å². The molecule has 2 aromatic carbocycles. The Labute approximate surface area is 208 Å². The average Bonchev–Trinajstić information content (AvgIpc) is 2.81. The van der Waals surface area contributed by atoms with Gasteiger partial charge in [-0.25, -0.2) is 9.59 Å². The average molecular weight is 483 g/mol. The van der Waals surface area contributed by atoms with Crippen LogP contribution in [0, 0.1) is 0 Å². The molecule has 7 nitrogen and oxygen atoms in total. The Hall–Kier alpha value is -3.35. The Balaban J connectivity index is 1.84. The van der Waals surface area contributed by atoms with Gasteiger partial charge in [-0.05, 0) is 81.7 Å². The first-order valence-corrected chi connectivity index (χ1v) is 12.3. The van der Waals surface area contributed by atoms with Crippen LogP contribution >= 0.6 is 0 Å². The quantitative estimate of drug-likeness (QED) is 0.343. The molecule has 0 aliphatic carbocycles. The van der Waals surface area contributed by atoms with E-state index in [1.807, 2.05) is 12.1 Å². The van der Waals surface area contributed by atoms with Crippen LogP contribution in [-0.2, 0) is 16.0 Å². The minimum Gasteiger partial charge on any atom is -0.480 e. The number of carbonyl (C=O) groups is 3. The Morgan fingerprint density at radius 1 is 0.914 bits per heavy atom. The third kappa shape index (κ3) is 10.2. The molecular weight excluding hydrogens is 444 g/mol. The predicted octanol–water partition coefficient (Wildman–Crippen LogP) is 5.57. The molecule has 35 heavy (non-hydrogen) atoms. The van der Waals surface area contributed by atoms with Gasteiger partial charge in [0.1, 0.15) is 11.6 Å². The topological polar surface area (TPSA) is 105 Å². The van der Waals surface area contributed by atoms with Crippen molar-refractivity contribution in [2.45, 2.75) is 77.9 Å². The number of aryl methyl sites for hydroxylation is 1. The molecule has 0 aliphatic heterocycles. The number of carboxylic acid groups (broad SMARTS) is 1. The lowest BCUT2D eigenvalue weighted by Crippen LogP contribution is -2.40. The zero-order valence-electron chi connectivity index (χ0n) is 21.2. The number of nitrogens with one attached hydrogen (secondary N) is 2. The summed E-state index contributed by atoms with van der Waals surface area (Å²) in [5.41, 5.74) is 3.22. The van der Waals surface area contributed by atoms with Crippen molar-refractivity contribution in [2.75, 3.05) is 6.54 Å². The summed E-state index contributed by atoms with van der Waals surface area (Å²) in [6.07, 6.45) is 4.27. The van der Waals surface area contributed by atoms with E-state index in [2.05, 4.69) is 41.8 Å². The van der Waals surface area contributed by atoms with E-state index in [0.717, 1.165) is 17.5 Å². The number of rotatable bonds is 12. The predicted molar refractivity (Wildman–Crippen MR) is 137 cm³/mol. The van der Waals surface area contributed by atoms with Gasteiger partial charge in [-0.15, -0.1) is 0 Å². The molecule has 0 spiro atoms. The highest BCUT2D eigenvalue weighted by Crippen LogP contribution is 2.21. The fourth-order valence-corrected chi connectivity index (χ4v) is 3.54. The Morgan fingerprint density at radius 3 is 2.06 bits per heavy atom. The number of aliphatic carboxylic acids is 1. The van der Waals surface area contributed by atoms with Crippen LogP contribution in [0.25, 0.3) is 11.1 Å². The smallest absolute Gasteiger partial charge is 0.407 e. The van der Waals surface area contributed by atoms with Crippen LogP contribution in [0.15, 0.2) is 48.5 Å². The van der Waals surface area contributed by atoms with Crippen molar-refractivity contribution < 1.29 is 24.2 Å². The van der Waals surface area contributed by atoms with E-state index < -0.39 is 29.6 Å². The highest BCUT2D eigenvalue weighted by atomic mass is 16.6. The molecule has 0 saturated carbocycles. The third-order valence-corrected chi connectivity index (χ3v) is 5.44. The van der Waals surface area contributed by atoms with Crippen molar-refractivity contribution in [1.29, 1.82) is 0 Å². The number of hydrogen-bond donors (Lipinski definition) is 3. The SMILES string of the molecule is CCCCc1ccc(-c2ccc(C(=O)N[C@@H](CCCCNC(=O)OC(C)(C)C)C(=O)O)cc2)cc1. The lowest BCUT2D eigenvalue weighted by Gasteiger charge is -2.19. The number of unbranched alkanes of at least 4 members (excludes halogenated alkanes) is 2. The van der Waals surface area contributed by atoms with Gasteiger partial charge >= 0.3 is 12.1 Å². The maximum atomic E-state index is 12.6. The van der Waals surface area contributed by atoms with Gasteiger partial charge in [0.15, 0.2) is 0 Å². The molecule has 190 valence electrons. The monoisotopic (exact) mass is 482 g/mol. The molecule has 7 heteroatoms. The van der Waals surface area contributed by atoms with Gasteiger partial charge in [-0.1, -0.05) is 49.7 Å². The summed E-state index contributed by atoms with van der Waals surface area (Å²) in [6.45, 7) is 7.90. The highest BCUT2D eigenvalue weighted by Gasteiger charge is 2.20. The first kappa shape index (κ1) is 27.9. The van der Waals surface area contributed by atoms with Gasteiger partial charge in [0.25, 0.3) is 5.91 Å². The van der Waals surface area contributed by atoms with Crippen molar-refractivity contribution in [2.24, 2.45) is 0 Å². The summed E-state index contributed by atoms with van der Waals surface area (Å²) < 4.78 is 5.16. The molecule has 1 atom stereocenters. The summed E-state index contributed by atoms with van der Waals surface area (Å²) >= 11 is 0. The second-order valence-corrected chi connectivity index (χ2v) is 9.67. The molecule has 0 heterocycles. The van der Waals surface area contributed by atoms with Crippen molar-refractivity contribution in [3.05, 3.63) is 59.7 Å². The van der Waals surface area contributed by atoms with E-state index >= 15 is 0 Å². The van der Waals surface area contributed by atoms with Crippen molar-refractivity contribution in [1.82, 2.24) is 10.6 Å². The van der Waals surface area contributed by atoms with Crippen LogP contribution in [0.2, 0.25) is 0 Å². The molecule has 2 rings (SSSR count). The van der Waals surface area contributed by atoms with Crippen molar-refractivity contribution in [3.63, 3.8) is 0 Å². The van der Waals surface area contributed by atoms with Gasteiger partial charge < -0.3 is 20.5 Å². The highest BCUT2D eigenvalue weighted by molar-refractivity contribution is 5.97. The number of alkyl carbamates (subject to hydrolysis) is 1. The number of ether oxygens (including phenoxy) is 1. The first-order valence-electron chi connectivity index (χ1n) is 12.3. The van der Waals surface area contributed by atoms with E-state index in [-0.39, 0.29) is 6.42 Å². The molecular formula is C28H38N2O5. The normalized spacial score (nSPS) is 12.0. The standard InChI is InChI=1S/C28H38N2O5/c1-5-6-9-20-11-13-21(14-12-20)22-15-17-23(18-16-22)25(31)30-24(26(32)33)10-7-8-19-29-27(34)35-28(2,3)4/h11-18,24H,5-10,19H2,1-4H3,(H,29,34)(H,30,31)(H,32,33)/t24-/m0/s1. The van der Waals surface area contributed by atoms with Gasteiger partial charge in [0, 0.05) is 12.1 Å². The molecule has 0 unspecified atom stereocenters. The molecule has 0 bridgehead atoms. The van der Waals surface area contributed by atoms with E-state index in [0.29, 0.717) is 24.9 Å². The molecule has 0 radical (unpaired) electrons. The Bertz CT molecular complexity index is 962. The zero-order valence-corrected chi connectivity index (χ0v) is 21.2. The van der Waals surface area contributed by atoms with Crippen LogP contribution in [0.1, 0.15) is 75.7 Å². The van der Waals surface area contributed by atoms with Gasteiger partial charge in [0.2, 0.25) is 0 Å². The Kier molecular flexibility index (Phi) is 10.8. The summed E-state index contributed by atoms with van der Waals surface area (Å²) in [6, 6.07) is 14.6. The van der Waals surface area contributed by atoms with E-state index in [4.69, 9.17) is 4.74 Å². The summed E-state index contributed by atoms with van der Waals surface area (Å²) in [5, 5.41) is 14.7. The fourth-order valence-electron chi connectivity index (χ4n) is 3.54. The fraction of sp³-hybridized carbons (Fsp3) is 0.464. The molecule has 0 aliphatic rings. The second kappa shape index (κ2) is 13.5. The van der Waals surface area contributed by atoms with Crippen molar-refractivity contribution >= 4 is 18.0 Å². The molecule has 3 N–H and O–H groups in total. The first-order chi connectivity index (χ1) is 16.6. The largest absolute Gasteiger partial charge is 0.480 e. The second-order valence-electron chi connectivity index (χ2n) is 9.67. The number of amides is 2. The minimum absolute atomic E-state index is 0.263. The number of carboxylic acids is 1. The van der Waals surface area contributed by atoms with Gasteiger partial charge in [0.05, 0.1) is 0 Å². The number of carbonyl (C=O) groups excluding carboxylic acids is 2. The van der Waals surface area contributed by atoms with Crippen LogP contribution in [0.3, 0.4) is 0 Å². The maximum absolute atomic E-state index is 12.6. The lowest BCUT2D eigenvalue weighted by molar-refractivity contribution is -0.139. The van der Waals surface area contributed by atoms with E-state index in [1.54, 1.807) is 32.9 Å². The summed E-state index contributed by atoms with van der Waals surface area (Å²) in [7, 11) is 0. The van der Waals surface area contributed by atoms with Gasteiger partial charge in [-0.2, -0.15) is 0 Å². The van der Waals surface area contributed by atoms with Crippen LogP contribution in [-0.4, -0.2) is 41.3 Å². The van der Waals surface area contributed by atoms with Crippen LogP contribution < -0.4 is 10.6 Å². The van der Waals surface area contributed by atoms with Crippen LogP contribution in [0.4, 0.5) is 4.79 Å². The maximum Gasteiger partial charge on any atom is 0.407 e. The molecule has 0 saturated heterocycles. The minimum atomic E-state index is -1.08. The molecule has 0 fully saturated rings. The summed E-state index contributed by atoms with van der Waals surface area (Å²) in [4.78, 5) is 35.9. The number of hydrogen-bond acceptors (Lipinski definition) is 4. The van der Waals surface area contributed by atoms with E-state index in [9.17, 15) is 19.5 Å². The third-order valence-electron chi connectivity index (χ3n) is 5.44. The molecule has 2 amide bonds.